The summed E-state index contributed by atoms with van der Waals surface area (Å²) in [5.74, 6) is 0.604. The molecule has 1 heteroatoms. The summed E-state index contributed by atoms with van der Waals surface area (Å²) in [6.07, 6.45) is 9.01. The van der Waals surface area contributed by atoms with Crippen LogP contribution in [-0.2, 0) is 0 Å². The van der Waals surface area contributed by atoms with Gasteiger partial charge in [0, 0.05) is 18.7 Å². The minimum atomic E-state index is 0.604. The molecule has 0 aliphatic carbocycles. The molecule has 9 heavy (non-hydrogen) atoms. The van der Waals surface area contributed by atoms with E-state index in [2.05, 4.69) is 17.6 Å². The lowest BCUT2D eigenvalue weighted by Crippen LogP contribution is -2.02. The monoisotopic (exact) mass is 121 g/mol. The van der Waals surface area contributed by atoms with Crippen molar-refractivity contribution in [2.75, 3.05) is 6.54 Å². The van der Waals surface area contributed by atoms with Crippen molar-refractivity contribution in [1.29, 1.82) is 0 Å². The predicted octanol–water partition coefficient (Wildman–Crippen LogP) is 1.82. The lowest BCUT2D eigenvalue weighted by molar-refractivity contribution is 0.673. The van der Waals surface area contributed by atoms with E-state index in [-0.39, 0.29) is 0 Å². The van der Waals surface area contributed by atoms with Crippen LogP contribution in [0, 0.1) is 5.92 Å². The molecule has 1 aliphatic heterocycles. The Hall–Kier alpha value is -0.850. The van der Waals surface area contributed by atoms with Crippen LogP contribution in [0.2, 0.25) is 0 Å². The lowest BCUT2D eigenvalue weighted by Gasteiger charge is -2.07. The molecule has 1 unspecified atom stereocenters. The SMILES string of the molecule is C=CCC1C=CC=NC1. The van der Waals surface area contributed by atoms with E-state index < -0.39 is 0 Å². The van der Waals surface area contributed by atoms with Crippen molar-refractivity contribution >= 4 is 6.21 Å². The van der Waals surface area contributed by atoms with E-state index in [1.807, 2.05) is 18.4 Å². The Morgan fingerprint density at radius 1 is 1.78 bits per heavy atom. The number of hydrogen-bond donors (Lipinski definition) is 0. The zero-order chi connectivity index (χ0) is 6.53. The maximum absolute atomic E-state index is 4.12. The van der Waals surface area contributed by atoms with Crippen molar-refractivity contribution in [2.45, 2.75) is 6.42 Å². The normalized spacial score (nSPS) is 24.2. The van der Waals surface area contributed by atoms with E-state index in [4.69, 9.17) is 0 Å². The number of aliphatic imine (C=N–C) groups is 1. The van der Waals surface area contributed by atoms with E-state index >= 15 is 0 Å². The predicted molar refractivity (Wildman–Crippen MR) is 40.8 cm³/mol. The molecular weight excluding hydrogens is 110 g/mol. The van der Waals surface area contributed by atoms with Crippen LogP contribution < -0.4 is 0 Å². The topological polar surface area (TPSA) is 12.4 Å². The summed E-state index contributed by atoms with van der Waals surface area (Å²) < 4.78 is 0. The number of rotatable bonds is 2. The van der Waals surface area contributed by atoms with E-state index in [1.165, 1.54) is 0 Å². The molecule has 0 amide bonds. The summed E-state index contributed by atoms with van der Waals surface area (Å²) in [5, 5.41) is 0. The van der Waals surface area contributed by atoms with Crippen molar-refractivity contribution < 1.29 is 0 Å². The van der Waals surface area contributed by atoms with Gasteiger partial charge in [-0.1, -0.05) is 12.2 Å². The van der Waals surface area contributed by atoms with E-state index in [9.17, 15) is 0 Å². The summed E-state index contributed by atoms with van der Waals surface area (Å²) in [4.78, 5) is 4.12. The lowest BCUT2D eigenvalue weighted by atomic mass is 10.0. The van der Waals surface area contributed by atoms with Crippen LogP contribution in [0.3, 0.4) is 0 Å². The van der Waals surface area contributed by atoms with Gasteiger partial charge in [-0.25, -0.2) is 0 Å². The standard InChI is InChI=1S/C8H11N/c1-2-4-8-5-3-6-9-7-8/h2-3,5-6,8H,1,4,7H2. The summed E-state index contributed by atoms with van der Waals surface area (Å²) in [6, 6.07) is 0. The van der Waals surface area contributed by atoms with Gasteiger partial charge in [-0.2, -0.15) is 0 Å². The molecular formula is C8H11N. The first kappa shape index (κ1) is 6.27. The average molecular weight is 121 g/mol. The summed E-state index contributed by atoms with van der Waals surface area (Å²) in [7, 11) is 0. The van der Waals surface area contributed by atoms with E-state index in [0.717, 1.165) is 13.0 Å². The first-order chi connectivity index (χ1) is 4.43. The van der Waals surface area contributed by atoms with Crippen LogP contribution in [0.5, 0.6) is 0 Å². The second-order valence-electron chi connectivity index (χ2n) is 2.18. The van der Waals surface area contributed by atoms with Crippen LogP contribution in [0.25, 0.3) is 0 Å². The van der Waals surface area contributed by atoms with Gasteiger partial charge in [-0.15, -0.1) is 6.58 Å². The molecule has 0 aromatic carbocycles. The maximum atomic E-state index is 4.12. The Kier molecular flexibility index (Phi) is 2.25. The van der Waals surface area contributed by atoms with Crippen molar-refractivity contribution in [3.63, 3.8) is 0 Å². The fourth-order valence-corrected chi connectivity index (χ4v) is 0.892. The van der Waals surface area contributed by atoms with Crippen molar-refractivity contribution in [3.8, 4) is 0 Å². The van der Waals surface area contributed by atoms with Crippen LogP contribution in [0.4, 0.5) is 0 Å². The molecule has 1 aliphatic rings. The second kappa shape index (κ2) is 3.23. The summed E-state index contributed by atoms with van der Waals surface area (Å²) in [6.45, 7) is 4.60. The van der Waals surface area contributed by atoms with Gasteiger partial charge in [0.1, 0.15) is 0 Å². The number of hydrogen-bond acceptors (Lipinski definition) is 1. The number of dihydropyridines is 1. The highest BCUT2D eigenvalue weighted by atomic mass is 14.7. The molecule has 1 rings (SSSR count). The molecule has 0 aromatic heterocycles. The van der Waals surface area contributed by atoms with Crippen molar-refractivity contribution in [2.24, 2.45) is 10.9 Å². The first-order valence-electron chi connectivity index (χ1n) is 3.21. The third-order valence-corrected chi connectivity index (χ3v) is 1.38. The number of allylic oxidation sites excluding steroid dienone is 2. The molecule has 0 N–H and O–H groups in total. The molecule has 0 saturated heterocycles. The third-order valence-electron chi connectivity index (χ3n) is 1.38. The third kappa shape index (κ3) is 1.84. The minimum Gasteiger partial charge on any atom is -0.293 e. The Balaban J connectivity index is 2.36. The fraction of sp³-hybridized carbons (Fsp3) is 0.375. The Bertz CT molecular complexity index is 143. The molecule has 0 fully saturated rings. The van der Waals surface area contributed by atoms with Gasteiger partial charge in [-0.3, -0.25) is 4.99 Å². The Labute approximate surface area is 55.8 Å². The molecule has 1 heterocycles. The highest BCUT2D eigenvalue weighted by molar-refractivity contribution is 5.71. The molecule has 48 valence electrons. The van der Waals surface area contributed by atoms with Gasteiger partial charge in [-0.05, 0) is 12.5 Å². The maximum Gasteiger partial charge on any atom is 0.0455 e. The highest BCUT2D eigenvalue weighted by Gasteiger charge is 2.01. The van der Waals surface area contributed by atoms with Gasteiger partial charge in [0.15, 0.2) is 0 Å². The first-order valence-corrected chi connectivity index (χ1v) is 3.21. The Morgan fingerprint density at radius 3 is 3.22 bits per heavy atom. The molecule has 1 atom stereocenters. The average Bonchev–Trinajstić information content (AvgIpc) is 1.91. The molecule has 0 spiro atoms. The quantitative estimate of drug-likeness (QED) is 0.494. The van der Waals surface area contributed by atoms with Crippen molar-refractivity contribution in [3.05, 3.63) is 24.8 Å². The molecule has 0 saturated carbocycles. The van der Waals surface area contributed by atoms with Crippen LogP contribution in [0.1, 0.15) is 6.42 Å². The molecule has 1 nitrogen and oxygen atoms in total. The zero-order valence-electron chi connectivity index (χ0n) is 5.46. The zero-order valence-corrected chi connectivity index (χ0v) is 5.46. The van der Waals surface area contributed by atoms with Crippen molar-refractivity contribution in [1.82, 2.24) is 0 Å². The summed E-state index contributed by atoms with van der Waals surface area (Å²) >= 11 is 0. The number of nitrogens with zero attached hydrogens (tertiary/aromatic N) is 1. The highest BCUT2D eigenvalue weighted by Crippen LogP contribution is 2.08. The molecule has 0 bridgehead atoms. The molecule has 0 aromatic rings. The van der Waals surface area contributed by atoms with Gasteiger partial charge >= 0.3 is 0 Å². The Morgan fingerprint density at radius 2 is 2.67 bits per heavy atom. The van der Waals surface area contributed by atoms with Crippen LogP contribution in [0.15, 0.2) is 29.8 Å². The largest absolute Gasteiger partial charge is 0.293 e. The summed E-state index contributed by atoms with van der Waals surface area (Å²) in [5.41, 5.74) is 0. The smallest absolute Gasteiger partial charge is 0.0455 e. The van der Waals surface area contributed by atoms with Gasteiger partial charge in [0.05, 0.1) is 0 Å². The van der Waals surface area contributed by atoms with Crippen LogP contribution in [-0.4, -0.2) is 12.8 Å². The van der Waals surface area contributed by atoms with E-state index in [0.29, 0.717) is 5.92 Å². The van der Waals surface area contributed by atoms with Gasteiger partial charge in [0.25, 0.3) is 0 Å². The fourth-order valence-electron chi connectivity index (χ4n) is 0.892. The van der Waals surface area contributed by atoms with Crippen LogP contribution >= 0.6 is 0 Å². The molecule has 0 radical (unpaired) electrons. The second-order valence-corrected chi connectivity index (χ2v) is 2.18. The minimum absolute atomic E-state index is 0.604. The van der Waals surface area contributed by atoms with Gasteiger partial charge < -0.3 is 0 Å². The van der Waals surface area contributed by atoms with E-state index in [1.54, 1.807) is 0 Å². The van der Waals surface area contributed by atoms with Gasteiger partial charge in [0.2, 0.25) is 0 Å².